The molecule has 1 fully saturated rings. The lowest BCUT2D eigenvalue weighted by molar-refractivity contribution is -0.123. The third-order valence-electron chi connectivity index (χ3n) is 3.68. The number of nitrogens with zero attached hydrogens (tertiary/aromatic N) is 1. The minimum Gasteiger partial charge on any atom is -0.375 e. The average molecular weight is 317 g/mol. The molecule has 0 radical (unpaired) electrons. The number of carbonyl (C=O) groups is 1. The first kappa shape index (κ1) is 15.1. The maximum Gasteiger partial charge on any atom is 0.245 e. The molecular weight excluding hydrogens is 298 g/mol. The molecule has 2 N–H and O–H groups in total. The predicted octanol–water partition coefficient (Wildman–Crippen LogP) is 2.43. The van der Waals surface area contributed by atoms with Gasteiger partial charge in [0.25, 0.3) is 0 Å². The van der Waals surface area contributed by atoms with E-state index in [-0.39, 0.29) is 18.1 Å². The molecule has 6 heteroatoms. The fourth-order valence-corrected chi connectivity index (χ4v) is 3.12. The number of benzene rings is 1. The number of aryl methyl sites for hydroxylation is 1. The van der Waals surface area contributed by atoms with E-state index in [0.717, 1.165) is 11.3 Å². The van der Waals surface area contributed by atoms with Crippen molar-refractivity contribution in [2.75, 3.05) is 18.5 Å². The zero-order chi connectivity index (χ0) is 15.5. The molecule has 0 aliphatic carbocycles. The highest BCUT2D eigenvalue weighted by Crippen LogP contribution is 2.25. The van der Waals surface area contributed by atoms with E-state index >= 15 is 0 Å². The summed E-state index contributed by atoms with van der Waals surface area (Å²) < 4.78 is 5.49. The lowest BCUT2D eigenvalue weighted by Gasteiger charge is -2.28. The largest absolute Gasteiger partial charge is 0.375 e. The Kier molecular flexibility index (Phi) is 4.52. The van der Waals surface area contributed by atoms with Crippen molar-refractivity contribution in [3.63, 3.8) is 0 Å². The molecule has 2 atom stereocenters. The normalized spacial score (nSPS) is 21.5. The van der Waals surface area contributed by atoms with Gasteiger partial charge in [-0.25, -0.2) is 4.98 Å². The van der Waals surface area contributed by atoms with E-state index in [4.69, 9.17) is 4.74 Å². The molecule has 0 spiro atoms. The van der Waals surface area contributed by atoms with E-state index in [2.05, 4.69) is 34.7 Å². The van der Waals surface area contributed by atoms with Crippen molar-refractivity contribution >= 4 is 22.4 Å². The summed E-state index contributed by atoms with van der Waals surface area (Å²) in [5.41, 5.74) is 3.14. The summed E-state index contributed by atoms with van der Waals surface area (Å²) in [5.74, 6) is -0.1000. The maximum atomic E-state index is 12.3. The van der Waals surface area contributed by atoms with Gasteiger partial charge in [0, 0.05) is 17.5 Å². The minimum atomic E-state index is -0.333. The minimum absolute atomic E-state index is 0.1000. The lowest BCUT2D eigenvalue weighted by Crippen LogP contribution is -2.53. The molecule has 2 heterocycles. The zero-order valence-corrected chi connectivity index (χ0v) is 13.4. The van der Waals surface area contributed by atoms with Gasteiger partial charge in [-0.05, 0) is 13.8 Å². The number of aromatic nitrogens is 1. The molecule has 0 saturated carbocycles. The highest BCUT2D eigenvalue weighted by atomic mass is 32.1. The number of anilines is 1. The summed E-state index contributed by atoms with van der Waals surface area (Å²) in [5, 5.41) is 8.61. The van der Waals surface area contributed by atoms with Crippen LogP contribution in [0, 0.1) is 6.92 Å². The molecule has 116 valence electrons. The van der Waals surface area contributed by atoms with Gasteiger partial charge < -0.3 is 15.4 Å². The zero-order valence-electron chi connectivity index (χ0n) is 12.6. The van der Waals surface area contributed by atoms with Crippen LogP contribution in [0.5, 0.6) is 0 Å². The van der Waals surface area contributed by atoms with Crippen LogP contribution in [0.25, 0.3) is 11.3 Å². The number of rotatable bonds is 3. The monoisotopic (exact) mass is 317 g/mol. The Morgan fingerprint density at radius 2 is 2.18 bits per heavy atom. The van der Waals surface area contributed by atoms with Crippen molar-refractivity contribution in [1.29, 1.82) is 0 Å². The van der Waals surface area contributed by atoms with Gasteiger partial charge in [-0.2, -0.15) is 0 Å². The summed E-state index contributed by atoms with van der Waals surface area (Å²) in [7, 11) is 0. The van der Waals surface area contributed by atoms with Crippen LogP contribution < -0.4 is 10.6 Å². The molecule has 1 amide bonds. The molecule has 2 aromatic rings. The van der Waals surface area contributed by atoms with E-state index in [1.807, 2.05) is 24.4 Å². The van der Waals surface area contributed by atoms with Crippen LogP contribution in [0.3, 0.4) is 0 Å². The number of morpholine rings is 1. The lowest BCUT2D eigenvalue weighted by atomic mass is 10.1. The molecular formula is C16H19N3O2S. The second-order valence-electron chi connectivity index (χ2n) is 5.40. The molecule has 1 aliphatic heterocycles. The number of hydrogen-bond acceptors (Lipinski definition) is 5. The smallest absolute Gasteiger partial charge is 0.245 e. The number of amides is 1. The fraction of sp³-hybridized carbons (Fsp3) is 0.375. The van der Waals surface area contributed by atoms with E-state index in [9.17, 15) is 4.79 Å². The Bertz CT molecular complexity index is 654. The molecule has 0 unspecified atom stereocenters. The Labute approximate surface area is 133 Å². The standard InChI is InChI=1S/C16H19N3O2S/c1-10-3-5-12(6-4-10)13-9-22-16(18-13)19-15(20)14-11(2)21-8-7-17-14/h3-6,9,11,14,17H,7-8H2,1-2H3,(H,18,19,20)/t11-,14+/m1/s1. The predicted molar refractivity (Wildman–Crippen MR) is 88.1 cm³/mol. The van der Waals surface area contributed by atoms with Gasteiger partial charge >= 0.3 is 0 Å². The van der Waals surface area contributed by atoms with Gasteiger partial charge in [-0.1, -0.05) is 29.8 Å². The molecule has 1 aromatic carbocycles. The number of hydrogen-bond donors (Lipinski definition) is 2. The summed E-state index contributed by atoms with van der Waals surface area (Å²) >= 11 is 1.43. The van der Waals surface area contributed by atoms with Crippen LogP contribution in [-0.2, 0) is 9.53 Å². The van der Waals surface area contributed by atoms with Crippen molar-refractivity contribution in [1.82, 2.24) is 10.3 Å². The SMILES string of the molecule is Cc1ccc(-c2csc(NC(=O)[C@H]3NCCO[C@@H]3C)n2)cc1. The molecule has 3 rings (SSSR count). The Morgan fingerprint density at radius 3 is 2.91 bits per heavy atom. The van der Waals surface area contributed by atoms with Gasteiger partial charge in [0.15, 0.2) is 5.13 Å². The van der Waals surface area contributed by atoms with Crippen LogP contribution in [0.4, 0.5) is 5.13 Å². The summed E-state index contributed by atoms with van der Waals surface area (Å²) in [6, 6.07) is 7.85. The summed E-state index contributed by atoms with van der Waals surface area (Å²) in [4.78, 5) is 16.8. The molecule has 1 aliphatic rings. The van der Waals surface area contributed by atoms with Crippen LogP contribution in [0.1, 0.15) is 12.5 Å². The Balaban J connectivity index is 1.68. The van der Waals surface area contributed by atoms with Gasteiger partial charge in [0.1, 0.15) is 6.04 Å². The average Bonchev–Trinajstić information content (AvgIpc) is 2.97. The highest BCUT2D eigenvalue weighted by molar-refractivity contribution is 7.14. The van der Waals surface area contributed by atoms with Crippen LogP contribution in [0.15, 0.2) is 29.6 Å². The van der Waals surface area contributed by atoms with Crippen molar-refractivity contribution in [3.8, 4) is 11.3 Å². The first-order chi connectivity index (χ1) is 10.6. The number of thiazole rings is 1. The van der Waals surface area contributed by atoms with E-state index < -0.39 is 0 Å². The Morgan fingerprint density at radius 1 is 1.41 bits per heavy atom. The van der Waals surface area contributed by atoms with Gasteiger partial charge in [-0.15, -0.1) is 11.3 Å². The molecule has 0 bridgehead atoms. The van der Waals surface area contributed by atoms with Crippen molar-refractivity contribution in [2.45, 2.75) is 26.0 Å². The second kappa shape index (κ2) is 6.56. The van der Waals surface area contributed by atoms with Crippen molar-refractivity contribution in [3.05, 3.63) is 35.2 Å². The first-order valence-electron chi connectivity index (χ1n) is 7.32. The van der Waals surface area contributed by atoms with Crippen LogP contribution in [-0.4, -0.2) is 36.2 Å². The van der Waals surface area contributed by atoms with Crippen LogP contribution >= 0.6 is 11.3 Å². The number of nitrogens with one attached hydrogen (secondary N) is 2. The van der Waals surface area contributed by atoms with Gasteiger partial charge in [0.2, 0.25) is 5.91 Å². The van der Waals surface area contributed by atoms with Gasteiger partial charge in [0.05, 0.1) is 18.4 Å². The molecule has 5 nitrogen and oxygen atoms in total. The maximum absolute atomic E-state index is 12.3. The second-order valence-corrected chi connectivity index (χ2v) is 6.26. The topological polar surface area (TPSA) is 63.2 Å². The number of carbonyl (C=O) groups excluding carboxylic acids is 1. The fourth-order valence-electron chi connectivity index (χ4n) is 2.40. The Hall–Kier alpha value is -1.76. The summed E-state index contributed by atoms with van der Waals surface area (Å²) in [6.45, 7) is 5.28. The summed E-state index contributed by atoms with van der Waals surface area (Å²) in [6.07, 6.45) is -0.134. The quantitative estimate of drug-likeness (QED) is 0.913. The molecule has 22 heavy (non-hydrogen) atoms. The van der Waals surface area contributed by atoms with E-state index in [1.54, 1.807) is 0 Å². The first-order valence-corrected chi connectivity index (χ1v) is 8.20. The van der Waals surface area contributed by atoms with E-state index in [0.29, 0.717) is 18.3 Å². The number of ether oxygens (including phenoxy) is 1. The highest BCUT2D eigenvalue weighted by Gasteiger charge is 2.28. The van der Waals surface area contributed by atoms with Crippen LogP contribution in [0.2, 0.25) is 0 Å². The third-order valence-corrected chi connectivity index (χ3v) is 4.44. The van der Waals surface area contributed by atoms with E-state index in [1.165, 1.54) is 16.9 Å². The van der Waals surface area contributed by atoms with Crippen molar-refractivity contribution < 1.29 is 9.53 Å². The molecule has 1 aromatic heterocycles. The van der Waals surface area contributed by atoms with Crippen molar-refractivity contribution in [2.24, 2.45) is 0 Å². The molecule has 1 saturated heterocycles. The third kappa shape index (κ3) is 3.35. The van der Waals surface area contributed by atoms with Gasteiger partial charge in [-0.3, -0.25) is 4.79 Å².